The maximum absolute atomic E-state index is 12.5. The van der Waals surface area contributed by atoms with Gasteiger partial charge in [0.25, 0.3) is 0 Å². The standard InChI is InChI=1S/C18H18ClNO4/c1-5-24-18(22)15-11(3)20-10(2)14(17(21)23-4)16(15)12-8-6-7-9-13(12)19/h5-9,16,20H,1H2,2-4H3/t16-/m0/s1. The summed E-state index contributed by atoms with van der Waals surface area (Å²) in [6.07, 6.45) is 1.05. The van der Waals surface area contributed by atoms with Gasteiger partial charge in [-0.1, -0.05) is 36.4 Å². The molecule has 0 bridgehead atoms. The van der Waals surface area contributed by atoms with E-state index in [1.165, 1.54) is 7.11 Å². The largest absolute Gasteiger partial charge is 0.466 e. The van der Waals surface area contributed by atoms with Crippen LogP contribution in [0, 0.1) is 0 Å². The van der Waals surface area contributed by atoms with Crippen molar-refractivity contribution in [2.24, 2.45) is 0 Å². The molecule has 1 atom stereocenters. The number of halogens is 1. The van der Waals surface area contributed by atoms with E-state index in [9.17, 15) is 9.59 Å². The second-order valence-corrected chi connectivity index (χ2v) is 5.63. The van der Waals surface area contributed by atoms with E-state index in [4.69, 9.17) is 21.1 Å². The molecule has 1 heterocycles. The summed E-state index contributed by atoms with van der Waals surface area (Å²) in [5, 5.41) is 3.47. The normalized spacial score (nSPS) is 17.2. The van der Waals surface area contributed by atoms with Gasteiger partial charge in [0.05, 0.1) is 30.4 Å². The molecule has 0 radical (unpaired) electrons. The highest BCUT2D eigenvalue weighted by Crippen LogP contribution is 2.41. The summed E-state index contributed by atoms with van der Waals surface area (Å²) in [5.74, 6) is -1.84. The molecule has 1 aliphatic rings. The van der Waals surface area contributed by atoms with Crippen LogP contribution in [-0.4, -0.2) is 19.0 Å². The van der Waals surface area contributed by atoms with Gasteiger partial charge in [0, 0.05) is 16.4 Å². The summed E-state index contributed by atoms with van der Waals surface area (Å²) < 4.78 is 9.85. The first kappa shape index (κ1) is 17.8. The second-order valence-electron chi connectivity index (χ2n) is 5.22. The number of nitrogens with one attached hydrogen (secondary N) is 1. The number of hydrogen-bond acceptors (Lipinski definition) is 5. The van der Waals surface area contributed by atoms with E-state index < -0.39 is 17.9 Å². The molecule has 1 aromatic carbocycles. The van der Waals surface area contributed by atoms with Crippen LogP contribution in [0.25, 0.3) is 0 Å². The van der Waals surface area contributed by atoms with E-state index >= 15 is 0 Å². The maximum atomic E-state index is 12.5. The third-order valence-electron chi connectivity index (χ3n) is 3.79. The van der Waals surface area contributed by atoms with Crippen molar-refractivity contribution in [3.63, 3.8) is 0 Å². The smallest absolute Gasteiger partial charge is 0.341 e. The lowest BCUT2D eigenvalue weighted by molar-refractivity contribution is -0.136. The number of hydrogen-bond donors (Lipinski definition) is 1. The Labute approximate surface area is 145 Å². The van der Waals surface area contributed by atoms with Crippen molar-refractivity contribution in [2.45, 2.75) is 19.8 Å². The third kappa shape index (κ3) is 3.21. The summed E-state index contributed by atoms with van der Waals surface area (Å²) >= 11 is 6.32. The Balaban J connectivity index is 2.71. The van der Waals surface area contributed by atoms with E-state index in [1.807, 2.05) is 0 Å². The van der Waals surface area contributed by atoms with Gasteiger partial charge >= 0.3 is 11.9 Å². The van der Waals surface area contributed by atoms with E-state index in [1.54, 1.807) is 38.1 Å². The highest BCUT2D eigenvalue weighted by Gasteiger charge is 2.38. The monoisotopic (exact) mass is 347 g/mol. The summed E-state index contributed by atoms with van der Waals surface area (Å²) in [5.41, 5.74) is 2.40. The van der Waals surface area contributed by atoms with Crippen LogP contribution in [0.2, 0.25) is 5.02 Å². The molecule has 0 spiro atoms. The molecule has 1 aromatic rings. The average molecular weight is 348 g/mol. The highest BCUT2D eigenvalue weighted by atomic mass is 35.5. The number of ether oxygens (including phenoxy) is 2. The second kappa shape index (κ2) is 7.36. The van der Waals surface area contributed by atoms with Crippen LogP contribution < -0.4 is 5.32 Å². The number of carbonyl (C=O) groups excluding carboxylic acids is 2. The van der Waals surface area contributed by atoms with E-state index in [2.05, 4.69) is 11.9 Å². The minimum Gasteiger partial charge on any atom is -0.466 e. The molecule has 1 aliphatic heterocycles. The summed E-state index contributed by atoms with van der Waals surface area (Å²) in [6, 6.07) is 7.04. The Morgan fingerprint density at radius 1 is 1.17 bits per heavy atom. The SMILES string of the molecule is C=COC(=O)C1=C(C)NC(C)=C(C(=O)OC)[C@@H]1c1ccccc1Cl. The van der Waals surface area contributed by atoms with Crippen LogP contribution in [0.4, 0.5) is 0 Å². The maximum Gasteiger partial charge on any atom is 0.341 e. The lowest BCUT2D eigenvalue weighted by Gasteiger charge is -2.30. The van der Waals surface area contributed by atoms with Gasteiger partial charge in [0.1, 0.15) is 0 Å². The van der Waals surface area contributed by atoms with E-state index in [-0.39, 0.29) is 5.57 Å². The molecule has 126 valence electrons. The van der Waals surface area contributed by atoms with Crippen molar-refractivity contribution in [2.75, 3.05) is 7.11 Å². The topological polar surface area (TPSA) is 64.6 Å². The molecule has 5 nitrogen and oxygen atoms in total. The molecule has 0 saturated carbocycles. The van der Waals surface area contributed by atoms with E-state index in [0.717, 1.165) is 6.26 Å². The molecule has 2 rings (SSSR count). The first-order valence-electron chi connectivity index (χ1n) is 7.25. The number of methoxy groups -OCH3 is 1. The summed E-state index contributed by atoms with van der Waals surface area (Å²) in [7, 11) is 1.29. The van der Waals surface area contributed by atoms with Crippen molar-refractivity contribution in [3.05, 3.63) is 70.2 Å². The first-order valence-corrected chi connectivity index (χ1v) is 7.63. The number of allylic oxidation sites excluding steroid dienone is 2. The van der Waals surface area contributed by atoms with Crippen molar-refractivity contribution in [1.29, 1.82) is 0 Å². The Morgan fingerprint density at radius 3 is 2.29 bits per heavy atom. The molecule has 0 amide bonds. The minimum absolute atomic E-state index is 0.286. The van der Waals surface area contributed by atoms with Crippen molar-refractivity contribution < 1.29 is 19.1 Å². The van der Waals surface area contributed by atoms with Crippen molar-refractivity contribution >= 4 is 23.5 Å². The molecule has 0 aliphatic carbocycles. The van der Waals surface area contributed by atoms with Gasteiger partial charge < -0.3 is 14.8 Å². The lowest BCUT2D eigenvalue weighted by atomic mass is 9.80. The number of carbonyl (C=O) groups is 2. The van der Waals surface area contributed by atoms with E-state index in [0.29, 0.717) is 27.6 Å². The predicted molar refractivity (Wildman–Crippen MR) is 91.0 cm³/mol. The fourth-order valence-corrected chi connectivity index (χ4v) is 3.05. The van der Waals surface area contributed by atoms with Crippen LogP contribution >= 0.6 is 11.6 Å². The molecule has 24 heavy (non-hydrogen) atoms. The van der Waals surface area contributed by atoms with Crippen molar-refractivity contribution in [1.82, 2.24) is 5.32 Å². The molecule has 0 fully saturated rings. The van der Waals surface area contributed by atoms with Gasteiger partial charge in [-0.15, -0.1) is 0 Å². The average Bonchev–Trinajstić information content (AvgIpc) is 2.54. The Bertz CT molecular complexity index is 764. The molecule has 1 N–H and O–H groups in total. The molecule has 6 heteroatoms. The molecular formula is C18H18ClNO4. The fraction of sp³-hybridized carbons (Fsp3) is 0.222. The number of dihydropyridines is 1. The molecule has 0 saturated heterocycles. The first-order chi connectivity index (χ1) is 11.4. The van der Waals surface area contributed by atoms with Gasteiger partial charge in [-0.3, -0.25) is 0 Å². The van der Waals surface area contributed by atoms with Crippen LogP contribution in [-0.2, 0) is 19.1 Å². The zero-order valence-electron chi connectivity index (χ0n) is 13.7. The number of benzene rings is 1. The highest BCUT2D eigenvalue weighted by molar-refractivity contribution is 6.31. The summed E-state index contributed by atoms with van der Waals surface area (Å²) in [4.78, 5) is 24.8. The van der Waals surface area contributed by atoms with Gasteiger partial charge in [0.15, 0.2) is 0 Å². The fourth-order valence-electron chi connectivity index (χ4n) is 2.80. The number of esters is 2. The Kier molecular flexibility index (Phi) is 5.46. The zero-order valence-corrected chi connectivity index (χ0v) is 14.4. The van der Waals surface area contributed by atoms with Gasteiger partial charge in [-0.2, -0.15) is 0 Å². The Morgan fingerprint density at radius 2 is 1.75 bits per heavy atom. The van der Waals surface area contributed by atoms with Crippen LogP contribution in [0.15, 0.2) is 59.6 Å². The van der Waals surface area contributed by atoms with Gasteiger partial charge in [0.2, 0.25) is 0 Å². The molecular weight excluding hydrogens is 330 g/mol. The number of rotatable bonds is 4. The molecule has 0 aromatic heterocycles. The Hall–Kier alpha value is -2.53. The van der Waals surface area contributed by atoms with Crippen LogP contribution in [0.5, 0.6) is 0 Å². The van der Waals surface area contributed by atoms with Crippen LogP contribution in [0.3, 0.4) is 0 Å². The lowest BCUT2D eigenvalue weighted by Crippen LogP contribution is -2.32. The van der Waals surface area contributed by atoms with Gasteiger partial charge in [-0.05, 0) is 25.5 Å². The third-order valence-corrected chi connectivity index (χ3v) is 4.14. The van der Waals surface area contributed by atoms with Crippen LogP contribution in [0.1, 0.15) is 25.3 Å². The zero-order chi connectivity index (χ0) is 17.9. The van der Waals surface area contributed by atoms with Gasteiger partial charge in [-0.25, -0.2) is 9.59 Å². The minimum atomic E-state index is -0.695. The van der Waals surface area contributed by atoms with Crippen molar-refractivity contribution in [3.8, 4) is 0 Å². The quantitative estimate of drug-likeness (QED) is 0.667. The summed E-state index contributed by atoms with van der Waals surface area (Å²) in [6.45, 7) is 6.89. The predicted octanol–water partition coefficient (Wildman–Crippen LogP) is 3.43. The molecule has 0 unspecified atom stereocenters.